The van der Waals surface area contributed by atoms with Crippen molar-refractivity contribution < 1.29 is 45.9 Å². The van der Waals surface area contributed by atoms with E-state index in [-0.39, 0.29) is 42.2 Å². The van der Waals surface area contributed by atoms with Gasteiger partial charge in [0.25, 0.3) is 0 Å². The molecule has 0 aromatic rings. The molecule has 2 rings (SSSR count). The largest absolute Gasteiger partial charge is 2.00 e. The first-order valence-electron chi connectivity index (χ1n) is 3.01. The number of halogens is 1. The fraction of sp³-hybridized carbons (Fsp3) is 0.833. The topological polar surface area (TPSA) is 18.5 Å². The fourth-order valence-electron chi connectivity index (χ4n) is 1.11. The summed E-state index contributed by atoms with van der Waals surface area (Å²) >= 11 is 0. The first kappa shape index (κ1) is 11.0. The van der Waals surface area contributed by atoms with Crippen LogP contribution in [0.2, 0.25) is 0 Å². The van der Waals surface area contributed by atoms with Crippen LogP contribution >= 0.6 is 0 Å². The molecule has 1 saturated carbocycles. The van der Waals surface area contributed by atoms with Crippen LogP contribution < -0.4 is 17.0 Å². The van der Waals surface area contributed by atoms with E-state index in [0.717, 1.165) is 26.1 Å². The molecule has 0 N–H and O–H groups in total. The second kappa shape index (κ2) is 4.15. The van der Waals surface area contributed by atoms with Crippen molar-refractivity contribution in [1.82, 2.24) is 0 Å². The average Bonchev–Trinajstić information content (AvgIpc) is 2.07. The molecule has 0 unspecified atom stereocenters. The summed E-state index contributed by atoms with van der Waals surface area (Å²) in [4.78, 5) is 0. The molecule has 1 saturated heterocycles. The Kier molecular flexibility index (Phi) is 4.57. The van der Waals surface area contributed by atoms with Gasteiger partial charge in [-0.25, -0.2) is 0 Å². The van der Waals surface area contributed by atoms with Gasteiger partial charge in [-0.1, -0.05) is 0 Å². The molecule has 0 bridgehead atoms. The number of ether oxygens (including phenoxy) is 2. The van der Waals surface area contributed by atoms with Crippen LogP contribution in [0.3, 0.4) is 0 Å². The Morgan fingerprint density at radius 3 is 1.80 bits per heavy atom. The van der Waals surface area contributed by atoms with Crippen LogP contribution in [-0.4, -0.2) is 19.0 Å². The molecule has 0 atom stereocenters. The molecule has 4 heteroatoms. The number of hydrogen-bond acceptors (Lipinski definition) is 2. The van der Waals surface area contributed by atoms with Crippen LogP contribution in [0.4, 0.5) is 0 Å². The first-order valence-corrected chi connectivity index (χ1v) is 3.01. The summed E-state index contributed by atoms with van der Waals surface area (Å²) < 4.78 is 10.6. The van der Waals surface area contributed by atoms with Crippen molar-refractivity contribution in [2.45, 2.75) is 18.6 Å². The molecular weight excluding hydrogens is 249 g/mol. The van der Waals surface area contributed by atoms with E-state index in [0.29, 0.717) is 0 Å². The van der Waals surface area contributed by atoms with Gasteiger partial charge in [-0.3, -0.25) is 0 Å². The molecule has 2 fully saturated rings. The van der Waals surface area contributed by atoms with E-state index in [1.807, 2.05) is 0 Å². The molecule has 2 aliphatic rings. The van der Waals surface area contributed by atoms with Crippen LogP contribution in [0.15, 0.2) is 0 Å². The Morgan fingerprint density at radius 2 is 1.60 bits per heavy atom. The third-order valence-electron chi connectivity index (χ3n) is 1.72. The zero-order valence-electron chi connectivity index (χ0n) is 5.81. The molecule has 1 heterocycles. The molecule has 1 spiro atoms. The molecule has 0 amide bonds. The van der Waals surface area contributed by atoms with Gasteiger partial charge in [0, 0.05) is 0 Å². The van der Waals surface area contributed by atoms with Crippen molar-refractivity contribution in [3.63, 3.8) is 0 Å². The average molecular weight is 258 g/mol. The van der Waals surface area contributed by atoms with Crippen molar-refractivity contribution in [3.05, 3.63) is 6.42 Å². The molecule has 1 aliphatic heterocycles. The van der Waals surface area contributed by atoms with Gasteiger partial charge in [0.1, 0.15) is 5.79 Å². The van der Waals surface area contributed by atoms with Gasteiger partial charge in [0.05, 0.1) is 13.2 Å². The summed E-state index contributed by atoms with van der Waals surface area (Å²) in [6.07, 6.45) is 4.17. The zero-order valence-corrected chi connectivity index (χ0v) is 10.4. The maximum absolute atomic E-state index is 5.32. The van der Waals surface area contributed by atoms with Crippen molar-refractivity contribution in [2.75, 3.05) is 13.2 Å². The van der Waals surface area contributed by atoms with Crippen LogP contribution in [0.1, 0.15) is 12.8 Å². The molecule has 1 aliphatic carbocycles. The van der Waals surface area contributed by atoms with Gasteiger partial charge in [0.2, 0.25) is 0 Å². The summed E-state index contributed by atoms with van der Waals surface area (Å²) in [5.74, 6) is -0.139. The molecular formula is C6H9BrO2Zn. The molecule has 10 heavy (non-hydrogen) atoms. The van der Waals surface area contributed by atoms with Gasteiger partial charge >= 0.3 is 19.5 Å². The Morgan fingerprint density at radius 1 is 1.10 bits per heavy atom. The SMILES string of the molecule is [Br-].[CH-]1CC2(C1)OCCO2.[Zn+2]. The van der Waals surface area contributed by atoms with Gasteiger partial charge in [-0.05, 0) is 0 Å². The van der Waals surface area contributed by atoms with Crippen LogP contribution in [-0.2, 0) is 29.0 Å². The third kappa shape index (κ3) is 1.79. The smallest absolute Gasteiger partial charge is 1.00 e. The standard InChI is InChI=1S/C6H9O2.BrH.Zn/c1-2-6(3-1)7-4-5-8-6;;/h1H,2-5H2;1H;/q-1;;+2/p-1. The van der Waals surface area contributed by atoms with Crippen LogP contribution in [0.5, 0.6) is 0 Å². The van der Waals surface area contributed by atoms with Crippen molar-refractivity contribution in [2.24, 2.45) is 0 Å². The molecule has 2 nitrogen and oxygen atoms in total. The molecule has 0 aromatic heterocycles. The molecule has 54 valence electrons. The van der Waals surface area contributed by atoms with E-state index in [4.69, 9.17) is 9.47 Å². The predicted molar refractivity (Wildman–Crippen MR) is 28.2 cm³/mol. The Balaban J connectivity index is 0.000000405. The minimum absolute atomic E-state index is 0. The number of hydrogen-bond donors (Lipinski definition) is 0. The van der Waals surface area contributed by atoms with Gasteiger partial charge in [-0.2, -0.15) is 0 Å². The van der Waals surface area contributed by atoms with E-state index in [9.17, 15) is 0 Å². The van der Waals surface area contributed by atoms with Crippen molar-refractivity contribution >= 4 is 0 Å². The second-order valence-corrected chi connectivity index (χ2v) is 2.30. The summed E-state index contributed by atoms with van der Waals surface area (Å²) in [6, 6.07) is 0. The van der Waals surface area contributed by atoms with Crippen molar-refractivity contribution in [1.29, 1.82) is 0 Å². The van der Waals surface area contributed by atoms with E-state index < -0.39 is 0 Å². The van der Waals surface area contributed by atoms with Crippen LogP contribution in [0, 0.1) is 6.42 Å². The second-order valence-electron chi connectivity index (χ2n) is 2.30. The third-order valence-corrected chi connectivity index (χ3v) is 1.72. The minimum Gasteiger partial charge on any atom is -1.00 e. The van der Waals surface area contributed by atoms with Crippen molar-refractivity contribution in [3.8, 4) is 0 Å². The zero-order chi connectivity index (χ0) is 5.45. The van der Waals surface area contributed by atoms with E-state index in [1.54, 1.807) is 0 Å². The first-order chi connectivity index (χ1) is 3.91. The maximum atomic E-state index is 5.32. The minimum atomic E-state index is -0.139. The maximum Gasteiger partial charge on any atom is 2.00 e. The van der Waals surface area contributed by atoms with E-state index in [1.165, 1.54) is 0 Å². The fourth-order valence-corrected chi connectivity index (χ4v) is 1.11. The van der Waals surface area contributed by atoms with Gasteiger partial charge in [-0.15, -0.1) is 12.8 Å². The van der Waals surface area contributed by atoms with E-state index in [2.05, 4.69) is 6.42 Å². The Labute approximate surface area is 84.2 Å². The predicted octanol–water partition coefficient (Wildman–Crippen LogP) is -2.27. The number of rotatable bonds is 0. The normalized spacial score (nSPS) is 26.4. The van der Waals surface area contributed by atoms with Gasteiger partial charge < -0.3 is 32.9 Å². The monoisotopic (exact) mass is 256 g/mol. The quantitative estimate of drug-likeness (QED) is 0.360. The summed E-state index contributed by atoms with van der Waals surface area (Å²) in [7, 11) is 0. The molecule has 0 radical (unpaired) electrons. The Bertz CT molecular complexity index is 97.9. The molecule has 0 aromatic carbocycles. The van der Waals surface area contributed by atoms with E-state index >= 15 is 0 Å². The Hall–Kier alpha value is 1.02. The van der Waals surface area contributed by atoms with Gasteiger partial charge in [0.15, 0.2) is 0 Å². The summed E-state index contributed by atoms with van der Waals surface area (Å²) in [5, 5.41) is 0. The van der Waals surface area contributed by atoms with Crippen LogP contribution in [0.25, 0.3) is 0 Å². The summed E-state index contributed by atoms with van der Waals surface area (Å²) in [6.45, 7) is 1.57. The summed E-state index contributed by atoms with van der Waals surface area (Å²) in [5.41, 5.74) is 0.